The van der Waals surface area contributed by atoms with Gasteiger partial charge in [-0.25, -0.2) is 0 Å². The SMILES string of the molecule is CC(=O)NNC(=O)C1C2CN(C(=O)c3cc(C(C)C)[nH]n3)CC21. The largest absolute Gasteiger partial charge is 0.337 e. The van der Waals surface area contributed by atoms with Crippen LogP contribution in [0.2, 0.25) is 0 Å². The van der Waals surface area contributed by atoms with Crippen LogP contribution >= 0.6 is 0 Å². The molecule has 124 valence electrons. The molecule has 2 fully saturated rings. The summed E-state index contributed by atoms with van der Waals surface area (Å²) in [5.41, 5.74) is 6.06. The van der Waals surface area contributed by atoms with Gasteiger partial charge in [0, 0.05) is 31.6 Å². The molecule has 0 spiro atoms. The van der Waals surface area contributed by atoms with Gasteiger partial charge in [0.1, 0.15) is 5.69 Å². The maximum Gasteiger partial charge on any atom is 0.274 e. The molecule has 1 saturated carbocycles. The van der Waals surface area contributed by atoms with Crippen molar-refractivity contribution in [1.29, 1.82) is 0 Å². The van der Waals surface area contributed by atoms with E-state index in [0.29, 0.717) is 18.8 Å². The fourth-order valence-corrected chi connectivity index (χ4v) is 3.22. The van der Waals surface area contributed by atoms with Crippen LogP contribution in [0.3, 0.4) is 0 Å². The van der Waals surface area contributed by atoms with E-state index < -0.39 is 0 Å². The molecule has 2 heterocycles. The number of likely N-dealkylation sites (tertiary alicyclic amines) is 1. The molecule has 8 heteroatoms. The van der Waals surface area contributed by atoms with Gasteiger partial charge in [0.05, 0.1) is 0 Å². The van der Waals surface area contributed by atoms with Gasteiger partial charge in [-0.1, -0.05) is 13.8 Å². The van der Waals surface area contributed by atoms with Gasteiger partial charge in [-0.2, -0.15) is 5.10 Å². The van der Waals surface area contributed by atoms with Crippen LogP contribution in [0.5, 0.6) is 0 Å². The Balaban J connectivity index is 1.53. The first-order chi connectivity index (χ1) is 10.9. The molecule has 3 amide bonds. The third-order valence-electron chi connectivity index (χ3n) is 4.58. The zero-order valence-electron chi connectivity index (χ0n) is 13.4. The van der Waals surface area contributed by atoms with Gasteiger partial charge >= 0.3 is 0 Å². The third kappa shape index (κ3) is 2.93. The Morgan fingerprint density at radius 3 is 2.43 bits per heavy atom. The Bertz CT molecular complexity index is 641. The fourth-order valence-electron chi connectivity index (χ4n) is 3.22. The van der Waals surface area contributed by atoms with E-state index in [-0.39, 0.29) is 41.4 Å². The zero-order valence-corrected chi connectivity index (χ0v) is 13.4. The number of hydrogen-bond acceptors (Lipinski definition) is 4. The second-order valence-electron chi connectivity index (χ2n) is 6.60. The number of piperidine rings is 1. The van der Waals surface area contributed by atoms with Crippen molar-refractivity contribution >= 4 is 17.7 Å². The lowest BCUT2D eigenvalue weighted by molar-refractivity contribution is -0.129. The number of rotatable bonds is 3. The van der Waals surface area contributed by atoms with E-state index in [0.717, 1.165) is 5.69 Å². The van der Waals surface area contributed by atoms with Crippen LogP contribution in [0.15, 0.2) is 6.07 Å². The quantitative estimate of drug-likeness (QED) is 0.683. The lowest BCUT2D eigenvalue weighted by atomic mass is 10.1. The van der Waals surface area contributed by atoms with Crippen LogP contribution in [0.1, 0.15) is 42.9 Å². The molecule has 8 nitrogen and oxygen atoms in total. The number of carbonyl (C=O) groups excluding carboxylic acids is 3. The van der Waals surface area contributed by atoms with Crippen LogP contribution < -0.4 is 10.9 Å². The number of amides is 3. The van der Waals surface area contributed by atoms with Crippen molar-refractivity contribution in [2.45, 2.75) is 26.7 Å². The van der Waals surface area contributed by atoms with Gasteiger partial charge in [-0.15, -0.1) is 0 Å². The number of hydrogen-bond donors (Lipinski definition) is 3. The lowest BCUT2D eigenvalue weighted by Crippen LogP contribution is -2.43. The van der Waals surface area contributed by atoms with E-state index in [4.69, 9.17) is 0 Å². The summed E-state index contributed by atoms with van der Waals surface area (Å²) in [6.07, 6.45) is 0. The maximum atomic E-state index is 12.4. The fraction of sp³-hybridized carbons (Fsp3) is 0.600. The molecular formula is C15H21N5O3. The van der Waals surface area contributed by atoms with Crippen molar-refractivity contribution in [3.63, 3.8) is 0 Å². The van der Waals surface area contributed by atoms with Crippen molar-refractivity contribution in [2.75, 3.05) is 13.1 Å². The number of nitrogens with zero attached hydrogens (tertiary/aromatic N) is 2. The van der Waals surface area contributed by atoms with E-state index in [2.05, 4.69) is 21.0 Å². The highest BCUT2D eigenvalue weighted by Gasteiger charge is 2.60. The molecule has 1 saturated heterocycles. The molecule has 1 aliphatic carbocycles. The Morgan fingerprint density at radius 2 is 1.91 bits per heavy atom. The van der Waals surface area contributed by atoms with Crippen molar-refractivity contribution in [1.82, 2.24) is 25.9 Å². The molecule has 1 aliphatic heterocycles. The molecule has 1 aromatic heterocycles. The Labute approximate surface area is 134 Å². The van der Waals surface area contributed by atoms with E-state index in [9.17, 15) is 14.4 Å². The summed E-state index contributed by atoms with van der Waals surface area (Å²) in [6, 6.07) is 1.79. The van der Waals surface area contributed by atoms with Gasteiger partial charge in [0.15, 0.2) is 0 Å². The lowest BCUT2D eigenvalue weighted by Gasteiger charge is -2.18. The molecule has 3 N–H and O–H groups in total. The zero-order chi connectivity index (χ0) is 16.7. The molecule has 0 bridgehead atoms. The highest BCUT2D eigenvalue weighted by molar-refractivity contribution is 5.93. The molecule has 23 heavy (non-hydrogen) atoms. The minimum Gasteiger partial charge on any atom is -0.337 e. The van der Waals surface area contributed by atoms with E-state index in [1.165, 1.54) is 6.92 Å². The third-order valence-corrected chi connectivity index (χ3v) is 4.58. The van der Waals surface area contributed by atoms with Gasteiger partial charge in [-0.05, 0) is 23.8 Å². The minimum absolute atomic E-state index is 0.0960. The second-order valence-corrected chi connectivity index (χ2v) is 6.60. The van der Waals surface area contributed by atoms with E-state index in [1.807, 2.05) is 13.8 Å². The summed E-state index contributed by atoms with van der Waals surface area (Å²) in [4.78, 5) is 36.9. The molecule has 3 rings (SSSR count). The van der Waals surface area contributed by atoms with Crippen molar-refractivity contribution in [2.24, 2.45) is 17.8 Å². The van der Waals surface area contributed by atoms with E-state index in [1.54, 1.807) is 11.0 Å². The summed E-state index contributed by atoms with van der Waals surface area (Å²) in [5, 5.41) is 6.97. The number of fused-ring (bicyclic) bond motifs is 1. The van der Waals surface area contributed by atoms with Crippen LogP contribution in [-0.4, -0.2) is 45.9 Å². The summed E-state index contributed by atoms with van der Waals surface area (Å²) < 4.78 is 0. The van der Waals surface area contributed by atoms with Crippen molar-refractivity contribution < 1.29 is 14.4 Å². The monoisotopic (exact) mass is 319 g/mol. The van der Waals surface area contributed by atoms with Crippen LogP contribution in [-0.2, 0) is 9.59 Å². The predicted molar refractivity (Wildman–Crippen MR) is 81.0 cm³/mol. The topological polar surface area (TPSA) is 107 Å². The molecule has 0 aromatic carbocycles. The summed E-state index contributed by atoms with van der Waals surface area (Å²) in [7, 11) is 0. The summed E-state index contributed by atoms with van der Waals surface area (Å²) in [6.45, 7) is 6.52. The number of nitrogens with one attached hydrogen (secondary N) is 3. The Hall–Kier alpha value is -2.38. The smallest absolute Gasteiger partial charge is 0.274 e. The predicted octanol–water partition coefficient (Wildman–Crippen LogP) is 0.0184. The van der Waals surface area contributed by atoms with Gasteiger partial charge < -0.3 is 4.90 Å². The standard InChI is InChI=1S/C15H21N5O3/c1-7(2)11-4-12(18-17-11)15(23)20-5-9-10(6-20)13(9)14(22)19-16-8(3)21/h4,7,9-10,13H,5-6H2,1-3H3,(H,16,21)(H,17,18)(H,19,22). The molecule has 0 radical (unpaired) electrons. The molecular weight excluding hydrogens is 298 g/mol. The highest BCUT2D eigenvalue weighted by Crippen LogP contribution is 2.51. The first-order valence-electron chi connectivity index (χ1n) is 7.79. The van der Waals surface area contributed by atoms with Gasteiger partial charge in [-0.3, -0.25) is 30.3 Å². The second kappa shape index (κ2) is 5.68. The van der Waals surface area contributed by atoms with E-state index >= 15 is 0 Å². The Kier molecular flexibility index (Phi) is 3.83. The number of hydrazine groups is 1. The normalized spacial score (nSPS) is 25.2. The number of aromatic amines is 1. The minimum atomic E-state index is -0.305. The molecule has 1 aromatic rings. The van der Waals surface area contributed by atoms with Crippen molar-refractivity contribution in [3.05, 3.63) is 17.5 Å². The number of H-pyrrole nitrogens is 1. The van der Waals surface area contributed by atoms with Crippen LogP contribution in [0, 0.1) is 17.8 Å². The van der Waals surface area contributed by atoms with Gasteiger partial charge in [0.2, 0.25) is 11.8 Å². The Morgan fingerprint density at radius 1 is 1.26 bits per heavy atom. The molecule has 2 atom stereocenters. The van der Waals surface area contributed by atoms with Gasteiger partial charge in [0.25, 0.3) is 5.91 Å². The average molecular weight is 319 g/mol. The summed E-state index contributed by atoms with van der Waals surface area (Å²) >= 11 is 0. The number of carbonyl (C=O) groups is 3. The summed E-state index contributed by atoms with van der Waals surface area (Å²) in [5.74, 6) is -0.0485. The van der Waals surface area contributed by atoms with Crippen LogP contribution in [0.4, 0.5) is 0 Å². The molecule has 2 unspecified atom stereocenters. The molecule has 2 aliphatic rings. The average Bonchev–Trinajstić information content (AvgIpc) is 2.91. The number of aromatic nitrogens is 2. The van der Waals surface area contributed by atoms with Crippen molar-refractivity contribution in [3.8, 4) is 0 Å². The maximum absolute atomic E-state index is 12.4. The first kappa shape index (κ1) is 15.5. The van der Waals surface area contributed by atoms with Crippen LogP contribution in [0.25, 0.3) is 0 Å². The highest BCUT2D eigenvalue weighted by atomic mass is 16.2. The first-order valence-corrected chi connectivity index (χ1v) is 7.79.